The maximum absolute atomic E-state index is 4.74. The van der Waals surface area contributed by atoms with E-state index >= 15 is 0 Å². The average molecular weight is 630 g/mol. The molecule has 7 atom stereocenters. The highest BCUT2D eigenvalue weighted by Gasteiger charge is 2.64. The maximum atomic E-state index is 4.74. The van der Waals surface area contributed by atoms with E-state index in [0.29, 0.717) is 11.5 Å². The van der Waals surface area contributed by atoms with E-state index in [1.807, 2.05) is 0 Å². The molecule has 0 amide bonds. The molecule has 1 heteroatoms. The number of allylic oxidation sites excluding steroid dienone is 4. The highest BCUT2D eigenvalue weighted by molar-refractivity contribution is 5.15. The Morgan fingerprint density at radius 3 is 2.00 bits per heavy atom. The molecule has 0 aromatic rings. The molecular weight excluding hydrogens is 555 g/mol. The maximum Gasteiger partial charge on any atom is 0.00982 e. The van der Waals surface area contributed by atoms with Crippen molar-refractivity contribution in [2.45, 2.75) is 186 Å². The minimum Gasteiger partial charge on any atom is -0.298 e. The lowest BCUT2D eigenvalue weighted by Gasteiger charge is -2.55. The van der Waals surface area contributed by atoms with Crippen molar-refractivity contribution in [2.24, 2.45) is 52.8 Å². The molecule has 0 bridgehead atoms. The lowest BCUT2D eigenvalue weighted by atomic mass is 9.50. The summed E-state index contributed by atoms with van der Waals surface area (Å²) in [4.78, 5) is 3.07. The summed E-state index contributed by atoms with van der Waals surface area (Å²) in [5.41, 5.74) is 0.570. The summed E-state index contributed by atoms with van der Waals surface area (Å²) in [6.45, 7) is 12.7. The molecule has 6 rings (SSSR count). The fourth-order valence-electron chi connectivity index (χ4n) is 13.8. The highest BCUT2D eigenvalue weighted by Crippen LogP contribution is 2.71. The zero-order chi connectivity index (χ0) is 31.8. The first kappa shape index (κ1) is 35.0. The Morgan fingerprint density at radius 2 is 1.37 bits per heavy atom. The Bertz CT molecular complexity index is 926. The van der Waals surface area contributed by atoms with Gasteiger partial charge in [0, 0.05) is 12.1 Å². The van der Waals surface area contributed by atoms with Gasteiger partial charge in [0.25, 0.3) is 0 Å². The Morgan fingerprint density at radius 1 is 0.696 bits per heavy atom. The van der Waals surface area contributed by atoms with Crippen molar-refractivity contribution in [3.8, 4) is 0 Å². The Hall–Kier alpha value is -0.820. The minimum absolute atomic E-state index is 0.570. The lowest BCUT2D eigenvalue weighted by Crippen LogP contribution is -2.49. The Kier molecular flexibility index (Phi) is 13.1. The van der Waals surface area contributed by atoms with E-state index in [1.54, 1.807) is 25.7 Å². The first-order valence-electron chi connectivity index (χ1n) is 21.3. The van der Waals surface area contributed by atoms with Gasteiger partial charge in [-0.1, -0.05) is 75.7 Å². The van der Waals surface area contributed by atoms with Gasteiger partial charge in [-0.25, -0.2) is 0 Å². The van der Waals surface area contributed by atoms with Crippen LogP contribution in [0.3, 0.4) is 0 Å². The Balaban J connectivity index is 1.18. The van der Waals surface area contributed by atoms with Crippen LogP contribution in [0.15, 0.2) is 37.5 Å². The summed E-state index contributed by atoms with van der Waals surface area (Å²) in [7, 11) is 0. The zero-order valence-corrected chi connectivity index (χ0v) is 30.5. The quantitative estimate of drug-likeness (QED) is 0.129. The summed E-state index contributed by atoms with van der Waals surface area (Å²) in [5, 5.41) is 0. The molecule has 5 saturated carbocycles. The van der Waals surface area contributed by atoms with Crippen molar-refractivity contribution in [3.63, 3.8) is 0 Å². The normalized spacial score (nSPS) is 38.2. The molecule has 46 heavy (non-hydrogen) atoms. The molecule has 0 aromatic heterocycles. The van der Waals surface area contributed by atoms with Gasteiger partial charge in [-0.05, 0) is 182 Å². The van der Waals surface area contributed by atoms with Gasteiger partial charge >= 0.3 is 0 Å². The molecular formula is C45H75N. The van der Waals surface area contributed by atoms with Gasteiger partial charge in [0.15, 0.2) is 0 Å². The number of rotatable bonds is 15. The lowest BCUT2D eigenvalue weighted by molar-refractivity contribution is -0.0505. The van der Waals surface area contributed by atoms with E-state index < -0.39 is 0 Å². The summed E-state index contributed by atoms with van der Waals surface area (Å²) in [6.07, 6.45) is 47.5. The van der Waals surface area contributed by atoms with Gasteiger partial charge in [-0.3, -0.25) is 4.90 Å². The Labute approximate surface area is 286 Å². The van der Waals surface area contributed by atoms with E-state index in [2.05, 4.69) is 42.7 Å². The molecule has 0 spiro atoms. The van der Waals surface area contributed by atoms with E-state index in [0.717, 1.165) is 53.4 Å². The summed E-state index contributed by atoms with van der Waals surface area (Å²) < 4.78 is 0. The van der Waals surface area contributed by atoms with Crippen LogP contribution in [-0.2, 0) is 0 Å². The molecule has 0 saturated heterocycles. The van der Waals surface area contributed by atoms with Crippen LogP contribution in [0, 0.1) is 52.8 Å². The highest BCUT2D eigenvalue weighted by atomic mass is 15.2. The molecule has 0 heterocycles. The van der Waals surface area contributed by atoms with Gasteiger partial charge < -0.3 is 0 Å². The van der Waals surface area contributed by atoms with Gasteiger partial charge in [-0.15, -0.1) is 13.2 Å². The van der Waals surface area contributed by atoms with Crippen LogP contribution in [-0.4, -0.2) is 23.5 Å². The molecule has 6 aliphatic rings. The van der Waals surface area contributed by atoms with E-state index in [-0.39, 0.29) is 0 Å². The predicted molar refractivity (Wildman–Crippen MR) is 200 cm³/mol. The van der Waals surface area contributed by atoms with Crippen molar-refractivity contribution >= 4 is 0 Å². The van der Waals surface area contributed by atoms with Gasteiger partial charge in [-0.2, -0.15) is 0 Å². The second-order valence-electron chi connectivity index (χ2n) is 17.7. The second-order valence-corrected chi connectivity index (χ2v) is 17.7. The topological polar surface area (TPSA) is 3.24 Å². The molecule has 0 N–H and O–H groups in total. The molecule has 0 aliphatic heterocycles. The third-order valence-electron chi connectivity index (χ3n) is 15.7. The second kappa shape index (κ2) is 17.2. The SMILES string of the molecule is C=CCCCCCN(C(C)CCC(C=C)C1(C2CCCCC2)C2CCCCC2C2CCCCC21)C1CCC(C2CC=CCC2)CC1. The van der Waals surface area contributed by atoms with Gasteiger partial charge in [0.05, 0.1) is 0 Å². The van der Waals surface area contributed by atoms with Crippen LogP contribution < -0.4 is 0 Å². The van der Waals surface area contributed by atoms with Crippen LogP contribution in [0.1, 0.15) is 174 Å². The molecule has 1 nitrogen and oxygen atoms in total. The fourth-order valence-corrected chi connectivity index (χ4v) is 13.8. The summed E-state index contributed by atoms with van der Waals surface area (Å²) in [6, 6.07) is 1.52. The van der Waals surface area contributed by atoms with Crippen molar-refractivity contribution in [3.05, 3.63) is 37.5 Å². The summed E-state index contributed by atoms with van der Waals surface area (Å²) >= 11 is 0. The monoisotopic (exact) mass is 630 g/mol. The first-order valence-corrected chi connectivity index (χ1v) is 21.3. The smallest absolute Gasteiger partial charge is 0.00982 e. The number of fused-ring (bicyclic) bond motifs is 3. The van der Waals surface area contributed by atoms with Crippen molar-refractivity contribution in [1.82, 2.24) is 4.90 Å². The number of nitrogens with zero attached hydrogens (tertiary/aromatic N) is 1. The van der Waals surface area contributed by atoms with E-state index in [1.165, 1.54) is 148 Å². The molecule has 0 radical (unpaired) electrons. The van der Waals surface area contributed by atoms with E-state index in [9.17, 15) is 0 Å². The third kappa shape index (κ3) is 7.50. The predicted octanol–water partition coefficient (Wildman–Crippen LogP) is 13.1. The molecule has 5 fully saturated rings. The number of hydrogen-bond donors (Lipinski definition) is 0. The molecule has 260 valence electrons. The molecule has 7 unspecified atom stereocenters. The van der Waals surface area contributed by atoms with Crippen LogP contribution in [0.2, 0.25) is 0 Å². The largest absolute Gasteiger partial charge is 0.298 e. The number of unbranched alkanes of at least 4 members (excludes halogenated alkanes) is 3. The van der Waals surface area contributed by atoms with Crippen LogP contribution in [0.25, 0.3) is 0 Å². The van der Waals surface area contributed by atoms with Crippen molar-refractivity contribution < 1.29 is 0 Å². The fraction of sp³-hybridized carbons (Fsp3) is 0.867. The number of hydrogen-bond acceptors (Lipinski definition) is 1. The van der Waals surface area contributed by atoms with Gasteiger partial charge in [0.2, 0.25) is 0 Å². The van der Waals surface area contributed by atoms with Crippen molar-refractivity contribution in [2.75, 3.05) is 6.54 Å². The van der Waals surface area contributed by atoms with Gasteiger partial charge in [0.1, 0.15) is 0 Å². The van der Waals surface area contributed by atoms with Crippen LogP contribution in [0.4, 0.5) is 0 Å². The summed E-state index contributed by atoms with van der Waals surface area (Å²) in [5.74, 6) is 7.76. The molecule has 0 aromatic carbocycles. The van der Waals surface area contributed by atoms with Crippen molar-refractivity contribution in [1.29, 1.82) is 0 Å². The first-order chi connectivity index (χ1) is 22.7. The van der Waals surface area contributed by atoms with E-state index in [4.69, 9.17) is 6.58 Å². The third-order valence-corrected chi connectivity index (χ3v) is 15.7. The standard InChI is InChI=1S/C45H75N/c1-4-6-7-8-19-34-46(40-32-29-37(30-33-40)36-20-11-9-12-21-36)35(3)28-31-38(5-2)45(39-22-13-10-14-23-39)43-26-17-15-24-41(43)42-25-16-18-27-44(42)45/h4-5,9,11,35-44H,1-2,6-8,10,12-34H2,3H3. The zero-order valence-electron chi connectivity index (χ0n) is 30.5. The van der Waals surface area contributed by atoms with Crippen LogP contribution >= 0.6 is 0 Å². The average Bonchev–Trinajstić information content (AvgIpc) is 3.42. The van der Waals surface area contributed by atoms with Crippen LogP contribution in [0.5, 0.6) is 0 Å². The minimum atomic E-state index is 0.570. The molecule has 6 aliphatic carbocycles.